The summed E-state index contributed by atoms with van der Waals surface area (Å²) in [7, 11) is 5.38. The summed E-state index contributed by atoms with van der Waals surface area (Å²) in [6.07, 6.45) is 2.74. The molecule has 5 fully saturated rings. The smallest absolute Gasteiger partial charge is 0.329 e. The van der Waals surface area contributed by atoms with Crippen molar-refractivity contribution in [2.45, 2.75) is 101 Å². The molecule has 422 valence electrons. The number of fused-ring (bicyclic) bond motifs is 24. The van der Waals surface area contributed by atoms with Crippen LogP contribution in [0.4, 0.5) is 0 Å². The minimum Gasteiger partial charge on any atom is -0.461 e. The zero-order valence-electron chi connectivity index (χ0n) is 45.8. The van der Waals surface area contributed by atoms with E-state index >= 15 is 9.59 Å². The van der Waals surface area contributed by atoms with E-state index in [1.165, 1.54) is 54.4 Å². The highest BCUT2D eigenvalue weighted by atomic mass is 32.2. The van der Waals surface area contributed by atoms with E-state index in [2.05, 4.69) is 41.2 Å². The zero-order chi connectivity index (χ0) is 57.8. The molecule has 0 unspecified atom stereocenters. The Bertz CT molecular complexity index is 3070. The van der Waals surface area contributed by atoms with Crippen molar-refractivity contribution in [2.75, 3.05) is 52.9 Å². The Morgan fingerprint density at radius 3 is 1.39 bits per heavy atom. The van der Waals surface area contributed by atoms with Gasteiger partial charge in [-0.05, 0) is 55.9 Å². The van der Waals surface area contributed by atoms with Crippen LogP contribution in [0.15, 0.2) is 60.9 Å². The molecule has 10 atom stereocenters. The molecule has 8 amide bonds. The van der Waals surface area contributed by atoms with Gasteiger partial charge in [0.05, 0.1) is 34.5 Å². The van der Waals surface area contributed by atoms with Gasteiger partial charge in [0.2, 0.25) is 23.6 Å². The summed E-state index contributed by atoms with van der Waals surface area (Å²) in [5.41, 5.74) is 1.40. The van der Waals surface area contributed by atoms with Crippen molar-refractivity contribution in [2.24, 2.45) is 17.8 Å². The van der Waals surface area contributed by atoms with E-state index in [1.807, 2.05) is 13.8 Å². The van der Waals surface area contributed by atoms with Crippen LogP contribution in [0.2, 0.25) is 0 Å². The van der Waals surface area contributed by atoms with Crippen LogP contribution in [-0.2, 0) is 47.8 Å². The fraction of sp³-hybridized carbons (Fsp3) is 0.509. The fourth-order valence-corrected chi connectivity index (χ4v) is 13.1. The van der Waals surface area contributed by atoms with Crippen molar-refractivity contribution >= 4 is 105 Å². The van der Waals surface area contributed by atoms with Crippen LogP contribution in [0.1, 0.15) is 75.9 Å². The molecule has 7 heterocycles. The van der Waals surface area contributed by atoms with E-state index < -0.39 is 142 Å². The second-order valence-electron chi connectivity index (χ2n) is 20.4. The van der Waals surface area contributed by atoms with Crippen molar-refractivity contribution in [3.63, 3.8) is 0 Å². The van der Waals surface area contributed by atoms with E-state index in [1.54, 1.807) is 69.3 Å². The van der Waals surface area contributed by atoms with Crippen LogP contribution in [0, 0.1) is 17.8 Å². The summed E-state index contributed by atoms with van der Waals surface area (Å²) in [6, 6.07) is 4.61. The van der Waals surface area contributed by atoms with Gasteiger partial charge in [-0.2, -0.15) is 0 Å². The number of thioether (sulfide) groups is 2. The van der Waals surface area contributed by atoms with Crippen molar-refractivity contribution in [3.8, 4) is 0 Å². The molecule has 5 saturated heterocycles. The van der Waals surface area contributed by atoms with Gasteiger partial charge in [-0.3, -0.25) is 48.3 Å². The first-order valence-corrected chi connectivity index (χ1v) is 27.7. The van der Waals surface area contributed by atoms with Crippen LogP contribution >= 0.6 is 23.5 Å². The molecule has 26 heteroatoms. The third-order valence-corrected chi connectivity index (χ3v) is 18.6. The molecule has 2 aromatic heterocycles. The van der Waals surface area contributed by atoms with Gasteiger partial charge in [-0.25, -0.2) is 19.6 Å². The monoisotopic (exact) mass is 1130 g/mol. The third kappa shape index (κ3) is 11.9. The maximum absolute atomic E-state index is 15.8. The summed E-state index contributed by atoms with van der Waals surface area (Å²) in [6.45, 7) is 9.98. The molecule has 2 aromatic carbocycles. The minimum atomic E-state index is -2.00. The average Bonchev–Trinajstić information content (AvgIpc) is 3.56. The Kier molecular flexibility index (Phi) is 18.2. The molecule has 0 aliphatic carbocycles. The first-order valence-electron chi connectivity index (χ1n) is 25.7. The molecule has 4 N–H and O–H groups in total. The molecular weight excluding hydrogens is 1060 g/mol. The number of esters is 2. The number of nitrogens with one attached hydrogen (secondary N) is 4. The molecule has 5 aliphatic rings. The number of likely N-dealkylation sites (N-methyl/N-ethyl adjacent to an activating group) is 4. The van der Waals surface area contributed by atoms with Crippen molar-refractivity contribution in [1.82, 2.24) is 60.8 Å². The van der Waals surface area contributed by atoms with Gasteiger partial charge in [0, 0.05) is 39.7 Å². The summed E-state index contributed by atoms with van der Waals surface area (Å²) < 4.78 is 11.7. The highest BCUT2D eigenvalue weighted by Crippen LogP contribution is 2.50. The molecule has 0 radical (unpaired) electrons. The normalized spacial score (nSPS) is 27.1. The van der Waals surface area contributed by atoms with E-state index in [4.69, 9.17) is 9.47 Å². The number of aromatic nitrogens is 4. The number of hydrogen-bond acceptors (Lipinski definition) is 18. The van der Waals surface area contributed by atoms with E-state index in [-0.39, 0.29) is 17.3 Å². The van der Waals surface area contributed by atoms with E-state index in [9.17, 15) is 38.4 Å². The predicted octanol–water partition coefficient (Wildman–Crippen LogP) is 1.37. The lowest BCUT2D eigenvalue weighted by Crippen LogP contribution is -2.71. The van der Waals surface area contributed by atoms with Gasteiger partial charge in [-0.15, -0.1) is 23.5 Å². The van der Waals surface area contributed by atoms with Gasteiger partial charge >= 0.3 is 11.9 Å². The molecule has 4 aromatic rings. The summed E-state index contributed by atoms with van der Waals surface area (Å²) in [5, 5.41) is 10.3. The largest absolute Gasteiger partial charge is 0.461 e. The molecule has 9 rings (SSSR count). The first kappa shape index (κ1) is 59.2. The number of hydrogen-bond donors (Lipinski definition) is 4. The lowest BCUT2D eigenvalue weighted by atomic mass is 9.89. The van der Waals surface area contributed by atoms with E-state index in [0.717, 1.165) is 43.1 Å². The number of rotatable bonds is 8. The molecule has 5 aliphatic heterocycles. The first-order chi connectivity index (χ1) is 37.4. The summed E-state index contributed by atoms with van der Waals surface area (Å²) >= 11 is 1.67. The highest BCUT2D eigenvalue weighted by molar-refractivity contribution is 8.09. The Morgan fingerprint density at radius 2 is 1.01 bits per heavy atom. The standard InChI is InChI=1S/C53H66N12O12S2/c1-12-28(4)40-48(72)76-23-38(60-42(66)36-21-54-32-17-13-15-19-34(32)58-36)44(68)56-31(7)47(71)65(11)53-26-78-52(25-79-53,50(74)62(40)8)64(10)46(70)30(6)57-45(69)39(24-77-49(73)41(29(5)27(2)3)63(9)51(53)75)61-43(67)37-22-55-33-18-14-16-20-35(33)59-37/h13-22,27-31,38-41H,12,23-26H2,1-11H3,(H,56,68)(H,57,69)(H,60,66)(H,61,67)/t28-,29+,30+,31+,38-,39-,40+,41+,52+,53+/m1/s1. The lowest BCUT2D eigenvalue weighted by molar-refractivity contribution is -0.162. The fourth-order valence-electron chi connectivity index (χ4n) is 9.48. The van der Waals surface area contributed by atoms with Crippen LogP contribution in [0.25, 0.3) is 22.1 Å². The number of carbonyl (C=O) groups excluding carboxylic acids is 10. The van der Waals surface area contributed by atoms with Crippen molar-refractivity contribution in [3.05, 3.63) is 72.3 Å². The van der Waals surface area contributed by atoms with Gasteiger partial charge < -0.3 is 50.3 Å². The number of ether oxygens (including phenoxy) is 2. The summed E-state index contributed by atoms with van der Waals surface area (Å²) in [5.74, 6) is -11.3. The molecule has 79 heavy (non-hydrogen) atoms. The Hall–Kier alpha value is -7.48. The quantitative estimate of drug-likeness (QED) is 0.181. The molecule has 2 bridgehead atoms. The van der Waals surface area contributed by atoms with E-state index in [0.29, 0.717) is 28.5 Å². The number of carbonyl (C=O) groups is 10. The molecule has 0 spiro atoms. The van der Waals surface area contributed by atoms with Crippen LogP contribution < -0.4 is 21.3 Å². The number of para-hydroxylation sites is 4. The van der Waals surface area contributed by atoms with Crippen molar-refractivity contribution < 1.29 is 57.4 Å². The molecule has 24 nitrogen and oxygen atoms in total. The number of amides is 8. The third-order valence-electron chi connectivity index (χ3n) is 15.0. The summed E-state index contributed by atoms with van der Waals surface area (Å²) in [4.78, 5) is 165. The van der Waals surface area contributed by atoms with Crippen molar-refractivity contribution in [1.29, 1.82) is 0 Å². The van der Waals surface area contributed by atoms with Crippen LogP contribution in [0.5, 0.6) is 0 Å². The number of benzene rings is 2. The number of nitrogens with zero attached hydrogens (tertiary/aromatic N) is 8. The molecular formula is C53H66N12O12S2. The van der Waals surface area contributed by atoms with Crippen LogP contribution in [-0.4, -0.2) is 198 Å². The van der Waals surface area contributed by atoms with Gasteiger partial charge in [0.15, 0.2) is 9.74 Å². The lowest BCUT2D eigenvalue weighted by Gasteiger charge is -2.53. The van der Waals surface area contributed by atoms with Crippen LogP contribution in [0.3, 0.4) is 0 Å². The predicted molar refractivity (Wildman–Crippen MR) is 291 cm³/mol. The Morgan fingerprint density at radius 1 is 0.633 bits per heavy atom. The van der Waals surface area contributed by atoms with Gasteiger partial charge in [0.25, 0.3) is 23.6 Å². The average molecular weight is 1130 g/mol. The SMILES string of the molecule is CC[C@@H](C)[C@H]1C(=O)OC[C@@H](NC(=O)c2cnc3ccccc3n2)C(=O)N[C@@H](C)C(=O)N(C)[C@@]23CS[C@@](CS2)(C(=O)N1C)N(C)C(=O)[C@H](C)NC(=O)[C@H](NC(=O)c1cnc2ccccc2n1)COC(=O)[C@H]([C@@H](C)C(C)C)N(C)C3=O. The minimum absolute atomic E-state index is 0.177. The van der Waals surface area contributed by atoms with Gasteiger partial charge in [-0.1, -0.05) is 65.3 Å². The second kappa shape index (κ2) is 24.3. The Labute approximate surface area is 465 Å². The second-order valence-corrected chi connectivity index (χ2v) is 22.9. The topological polar surface area (TPSA) is 302 Å². The Balaban J connectivity index is 1.33. The zero-order valence-corrected chi connectivity index (χ0v) is 47.4. The van der Waals surface area contributed by atoms with Gasteiger partial charge in [0.1, 0.15) is 60.9 Å². The highest BCUT2D eigenvalue weighted by Gasteiger charge is 2.61. The maximum Gasteiger partial charge on any atom is 0.329 e. The maximum atomic E-state index is 15.8. The molecule has 0 saturated carbocycles.